The number of benzene rings is 2. The van der Waals surface area contributed by atoms with Crippen molar-refractivity contribution in [3.63, 3.8) is 0 Å². The fraction of sp³-hybridized carbons (Fsp3) is 0.278. The van der Waals surface area contributed by atoms with Crippen molar-refractivity contribution in [1.82, 2.24) is 5.32 Å². The predicted molar refractivity (Wildman–Crippen MR) is 98.1 cm³/mol. The van der Waals surface area contributed by atoms with E-state index in [2.05, 4.69) is 57.8 Å². The molecular formula is C18H18BrClN2O. The van der Waals surface area contributed by atoms with Crippen LogP contribution >= 0.6 is 27.5 Å². The van der Waals surface area contributed by atoms with Gasteiger partial charge in [0.15, 0.2) is 0 Å². The molecule has 3 rings (SSSR count). The predicted octanol–water partition coefficient (Wildman–Crippen LogP) is 5.34. The SMILES string of the molecule is CC(NC(=O)Nc1ccc(Cl)cc1)C1(c2ccc(Br)cc2)CC1. The Morgan fingerprint density at radius 3 is 2.30 bits per heavy atom. The first-order valence-electron chi connectivity index (χ1n) is 7.59. The summed E-state index contributed by atoms with van der Waals surface area (Å²) in [5.74, 6) is 0. The summed E-state index contributed by atoms with van der Waals surface area (Å²) < 4.78 is 1.07. The Balaban J connectivity index is 1.64. The number of carbonyl (C=O) groups excluding carboxylic acids is 1. The van der Waals surface area contributed by atoms with Crippen LogP contribution in [-0.2, 0) is 5.41 Å². The second-order valence-corrected chi connectivity index (χ2v) is 7.34. The summed E-state index contributed by atoms with van der Waals surface area (Å²) >= 11 is 9.31. The Labute approximate surface area is 149 Å². The number of halogens is 2. The molecule has 0 aliphatic heterocycles. The average molecular weight is 394 g/mol. The molecule has 5 heteroatoms. The lowest BCUT2D eigenvalue weighted by Crippen LogP contribution is -2.43. The fourth-order valence-electron chi connectivity index (χ4n) is 2.92. The molecule has 1 atom stereocenters. The van der Waals surface area contributed by atoms with Crippen LogP contribution < -0.4 is 10.6 Å². The van der Waals surface area contributed by atoms with Gasteiger partial charge >= 0.3 is 6.03 Å². The number of anilines is 1. The first kappa shape index (κ1) is 16.3. The molecule has 2 aromatic carbocycles. The van der Waals surface area contributed by atoms with E-state index >= 15 is 0 Å². The second-order valence-electron chi connectivity index (χ2n) is 5.99. The van der Waals surface area contributed by atoms with Crippen molar-refractivity contribution in [2.75, 3.05) is 5.32 Å². The Kier molecular flexibility index (Phi) is 4.64. The number of amides is 2. The largest absolute Gasteiger partial charge is 0.335 e. The maximum absolute atomic E-state index is 12.2. The quantitative estimate of drug-likeness (QED) is 0.723. The van der Waals surface area contributed by atoms with E-state index in [1.54, 1.807) is 24.3 Å². The zero-order valence-corrected chi connectivity index (χ0v) is 15.1. The molecule has 120 valence electrons. The van der Waals surface area contributed by atoms with Crippen molar-refractivity contribution < 1.29 is 4.79 Å². The van der Waals surface area contributed by atoms with Crippen LogP contribution in [0, 0.1) is 0 Å². The molecule has 2 N–H and O–H groups in total. The first-order valence-corrected chi connectivity index (χ1v) is 8.76. The normalized spacial score (nSPS) is 16.5. The van der Waals surface area contributed by atoms with Crippen molar-refractivity contribution in [2.45, 2.75) is 31.2 Å². The Bertz CT molecular complexity index is 696. The highest BCUT2D eigenvalue weighted by atomic mass is 79.9. The van der Waals surface area contributed by atoms with Gasteiger partial charge in [-0.3, -0.25) is 0 Å². The summed E-state index contributed by atoms with van der Waals surface area (Å²) in [5, 5.41) is 6.56. The Morgan fingerprint density at radius 1 is 1.13 bits per heavy atom. The summed E-state index contributed by atoms with van der Waals surface area (Å²) in [6.07, 6.45) is 2.19. The number of rotatable bonds is 4. The molecule has 1 aliphatic carbocycles. The fourth-order valence-corrected chi connectivity index (χ4v) is 3.31. The van der Waals surface area contributed by atoms with Crippen LogP contribution in [0.25, 0.3) is 0 Å². The van der Waals surface area contributed by atoms with Crippen molar-refractivity contribution in [1.29, 1.82) is 0 Å². The third kappa shape index (κ3) is 3.70. The summed E-state index contributed by atoms with van der Waals surface area (Å²) in [4.78, 5) is 12.2. The lowest BCUT2D eigenvalue weighted by atomic mass is 9.89. The lowest BCUT2D eigenvalue weighted by molar-refractivity contribution is 0.246. The van der Waals surface area contributed by atoms with E-state index in [9.17, 15) is 4.79 Å². The van der Waals surface area contributed by atoms with E-state index in [1.165, 1.54) is 5.56 Å². The molecule has 0 heterocycles. The minimum Gasteiger partial charge on any atom is -0.335 e. The molecule has 1 saturated carbocycles. The molecule has 1 unspecified atom stereocenters. The molecular weight excluding hydrogens is 376 g/mol. The molecule has 23 heavy (non-hydrogen) atoms. The highest BCUT2D eigenvalue weighted by Gasteiger charge is 2.49. The van der Waals surface area contributed by atoms with Gasteiger partial charge in [-0.05, 0) is 61.7 Å². The average Bonchev–Trinajstić information content (AvgIpc) is 3.32. The third-order valence-corrected chi connectivity index (χ3v) is 5.27. The molecule has 0 saturated heterocycles. The van der Waals surface area contributed by atoms with E-state index in [-0.39, 0.29) is 17.5 Å². The zero-order valence-electron chi connectivity index (χ0n) is 12.8. The monoisotopic (exact) mass is 392 g/mol. The van der Waals surface area contributed by atoms with Gasteiger partial charge in [0, 0.05) is 26.6 Å². The van der Waals surface area contributed by atoms with E-state index < -0.39 is 0 Å². The molecule has 1 aliphatic rings. The molecule has 0 aromatic heterocycles. The van der Waals surface area contributed by atoms with E-state index in [0.29, 0.717) is 5.02 Å². The molecule has 2 amide bonds. The minimum atomic E-state index is -0.191. The topological polar surface area (TPSA) is 41.1 Å². The molecule has 2 aromatic rings. The van der Waals surface area contributed by atoms with Crippen molar-refractivity contribution in [3.05, 3.63) is 63.6 Å². The summed E-state index contributed by atoms with van der Waals surface area (Å²) in [6, 6.07) is 15.3. The number of carbonyl (C=O) groups is 1. The maximum Gasteiger partial charge on any atom is 0.319 e. The van der Waals surface area contributed by atoms with Crippen molar-refractivity contribution >= 4 is 39.2 Å². The van der Waals surface area contributed by atoms with Crippen LogP contribution in [0.4, 0.5) is 10.5 Å². The molecule has 3 nitrogen and oxygen atoms in total. The maximum atomic E-state index is 12.2. The molecule has 0 spiro atoms. The van der Waals surface area contributed by atoms with Crippen LogP contribution in [0.2, 0.25) is 5.02 Å². The summed E-state index contributed by atoms with van der Waals surface area (Å²) in [7, 11) is 0. The van der Waals surface area contributed by atoms with Crippen LogP contribution in [0.1, 0.15) is 25.3 Å². The minimum absolute atomic E-state index is 0.0536. The highest BCUT2D eigenvalue weighted by Crippen LogP contribution is 2.51. The molecule has 0 bridgehead atoms. The van der Waals surface area contributed by atoms with Gasteiger partial charge in [0.1, 0.15) is 0 Å². The van der Waals surface area contributed by atoms with Gasteiger partial charge in [0.05, 0.1) is 0 Å². The number of urea groups is 1. The highest BCUT2D eigenvalue weighted by molar-refractivity contribution is 9.10. The van der Waals surface area contributed by atoms with Crippen LogP contribution in [0.5, 0.6) is 0 Å². The number of hydrogen-bond donors (Lipinski definition) is 2. The zero-order chi connectivity index (χ0) is 16.4. The van der Waals surface area contributed by atoms with Crippen molar-refractivity contribution in [3.8, 4) is 0 Å². The van der Waals surface area contributed by atoms with Crippen LogP contribution in [-0.4, -0.2) is 12.1 Å². The number of hydrogen-bond acceptors (Lipinski definition) is 1. The molecule has 1 fully saturated rings. The van der Waals surface area contributed by atoms with E-state index in [0.717, 1.165) is 23.0 Å². The lowest BCUT2D eigenvalue weighted by Gasteiger charge is -2.25. The van der Waals surface area contributed by atoms with Crippen LogP contribution in [0.3, 0.4) is 0 Å². The molecule has 0 radical (unpaired) electrons. The van der Waals surface area contributed by atoms with Gasteiger partial charge in [0.2, 0.25) is 0 Å². The van der Waals surface area contributed by atoms with Gasteiger partial charge in [0.25, 0.3) is 0 Å². The summed E-state index contributed by atoms with van der Waals surface area (Å²) in [5.41, 5.74) is 2.06. The van der Waals surface area contributed by atoms with Crippen molar-refractivity contribution in [2.24, 2.45) is 0 Å². The van der Waals surface area contributed by atoms with Gasteiger partial charge in [-0.1, -0.05) is 39.7 Å². The first-order chi connectivity index (χ1) is 11.0. The summed E-state index contributed by atoms with van der Waals surface area (Å²) in [6.45, 7) is 2.07. The van der Waals surface area contributed by atoms with Gasteiger partial charge in [-0.25, -0.2) is 4.79 Å². The third-order valence-electron chi connectivity index (χ3n) is 4.49. The van der Waals surface area contributed by atoms with Gasteiger partial charge < -0.3 is 10.6 Å². The number of nitrogens with one attached hydrogen (secondary N) is 2. The van der Waals surface area contributed by atoms with Gasteiger partial charge in [-0.15, -0.1) is 0 Å². The Hall–Kier alpha value is -1.52. The van der Waals surface area contributed by atoms with E-state index in [4.69, 9.17) is 11.6 Å². The van der Waals surface area contributed by atoms with E-state index in [1.807, 2.05) is 0 Å². The second kappa shape index (κ2) is 6.54. The smallest absolute Gasteiger partial charge is 0.319 e. The standard InChI is InChI=1S/C18H18BrClN2O/c1-12(18(10-11-18)13-2-4-14(19)5-3-13)21-17(23)22-16-8-6-15(20)7-9-16/h2-9,12H,10-11H2,1H3,(H2,21,22,23). The van der Waals surface area contributed by atoms with Gasteiger partial charge in [-0.2, -0.15) is 0 Å². The Morgan fingerprint density at radius 2 is 1.74 bits per heavy atom. The van der Waals surface area contributed by atoms with Crippen LogP contribution in [0.15, 0.2) is 53.0 Å².